The van der Waals surface area contributed by atoms with Crippen LogP contribution in [0.5, 0.6) is 11.5 Å². The van der Waals surface area contributed by atoms with Crippen molar-refractivity contribution in [3.8, 4) is 11.5 Å². The van der Waals surface area contributed by atoms with Gasteiger partial charge >= 0.3 is 5.97 Å². The summed E-state index contributed by atoms with van der Waals surface area (Å²) >= 11 is 0. The number of esters is 1. The minimum absolute atomic E-state index is 0.00736. The normalized spacial score (nSPS) is 20.8. The van der Waals surface area contributed by atoms with Crippen LogP contribution >= 0.6 is 0 Å². The zero-order valence-corrected chi connectivity index (χ0v) is 14.8. The molecule has 25 heavy (non-hydrogen) atoms. The molecule has 1 aliphatic carbocycles. The molecule has 0 radical (unpaired) electrons. The van der Waals surface area contributed by atoms with Gasteiger partial charge in [-0.25, -0.2) is 0 Å². The molecule has 1 amide bonds. The fraction of sp³-hybridized carbons (Fsp3) is 0.579. The smallest absolute Gasteiger partial charge is 0.325 e. The lowest BCUT2D eigenvalue weighted by atomic mass is 9.97. The Balaban J connectivity index is 1.75. The Kier molecular flexibility index (Phi) is 5.46. The van der Waals surface area contributed by atoms with Gasteiger partial charge in [0.2, 0.25) is 5.91 Å². The monoisotopic (exact) mass is 347 g/mol. The molecule has 0 N–H and O–H groups in total. The van der Waals surface area contributed by atoms with Gasteiger partial charge in [-0.1, -0.05) is 6.07 Å². The Labute approximate surface area is 148 Å². The standard InChI is InChI=1S/C19H25NO5/c1-23-16-8-7-13(11-17(16)25-14-5-3-4-6-14)15-9-10-20(19(15)22)12-18(21)24-2/h7-8,11,14-15H,3-6,9-10,12H2,1-2H3. The highest BCUT2D eigenvalue weighted by molar-refractivity contribution is 5.89. The van der Waals surface area contributed by atoms with E-state index in [-0.39, 0.29) is 24.5 Å². The molecular weight excluding hydrogens is 322 g/mol. The summed E-state index contributed by atoms with van der Waals surface area (Å²) in [6.07, 6.45) is 5.40. The Morgan fingerprint density at radius 3 is 2.60 bits per heavy atom. The summed E-state index contributed by atoms with van der Waals surface area (Å²) in [5.41, 5.74) is 0.908. The van der Waals surface area contributed by atoms with Gasteiger partial charge in [0.15, 0.2) is 11.5 Å². The van der Waals surface area contributed by atoms with Crippen LogP contribution in [0.4, 0.5) is 0 Å². The van der Waals surface area contributed by atoms with Crippen LogP contribution in [0, 0.1) is 0 Å². The van der Waals surface area contributed by atoms with E-state index in [9.17, 15) is 9.59 Å². The van der Waals surface area contributed by atoms with Crippen molar-refractivity contribution in [1.29, 1.82) is 0 Å². The third-order valence-corrected chi connectivity index (χ3v) is 5.03. The van der Waals surface area contributed by atoms with E-state index in [1.807, 2.05) is 18.2 Å². The van der Waals surface area contributed by atoms with Gasteiger partial charge in [-0.2, -0.15) is 0 Å². The molecule has 1 unspecified atom stereocenters. The first-order chi connectivity index (χ1) is 12.1. The summed E-state index contributed by atoms with van der Waals surface area (Å²) in [5, 5.41) is 0. The van der Waals surface area contributed by atoms with Crippen molar-refractivity contribution >= 4 is 11.9 Å². The van der Waals surface area contributed by atoms with Crippen LogP contribution in [0.15, 0.2) is 18.2 Å². The highest BCUT2D eigenvalue weighted by atomic mass is 16.5. The van der Waals surface area contributed by atoms with Crippen molar-refractivity contribution in [2.75, 3.05) is 27.3 Å². The number of nitrogens with zero attached hydrogens (tertiary/aromatic N) is 1. The first kappa shape index (κ1) is 17.6. The minimum atomic E-state index is -0.394. The summed E-state index contributed by atoms with van der Waals surface area (Å²) in [6.45, 7) is 0.566. The van der Waals surface area contributed by atoms with E-state index in [1.165, 1.54) is 20.0 Å². The Morgan fingerprint density at radius 2 is 1.92 bits per heavy atom. The van der Waals surface area contributed by atoms with Crippen molar-refractivity contribution < 1.29 is 23.8 Å². The molecule has 1 saturated carbocycles. The molecular formula is C19H25NO5. The Morgan fingerprint density at radius 1 is 1.16 bits per heavy atom. The van der Waals surface area contributed by atoms with Crippen LogP contribution < -0.4 is 9.47 Å². The minimum Gasteiger partial charge on any atom is -0.493 e. The van der Waals surface area contributed by atoms with Gasteiger partial charge in [-0.15, -0.1) is 0 Å². The number of likely N-dealkylation sites (tertiary alicyclic amines) is 1. The second kappa shape index (κ2) is 7.76. The summed E-state index contributed by atoms with van der Waals surface area (Å²) in [5.74, 6) is 0.705. The van der Waals surface area contributed by atoms with Crippen LogP contribution in [0.3, 0.4) is 0 Å². The molecule has 0 spiro atoms. The summed E-state index contributed by atoms with van der Waals surface area (Å²) in [4.78, 5) is 25.6. The van der Waals surface area contributed by atoms with Crippen LogP contribution in [0.2, 0.25) is 0 Å². The summed E-state index contributed by atoms with van der Waals surface area (Å²) in [6, 6.07) is 5.68. The van der Waals surface area contributed by atoms with Crippen LogP contribution in [0.25, 0.3) is 0 Å². The second-order valence-electron chi connectivity index (χ2n) is 6.61. The zero-order valence-electron chi connectivity index (χ0n) is 14.8. The molecule has 1 aromatic carbocycles. The lowest BCUT2D eigenvalue weighted by Gasteiger charge is -2.19. The number of carbonyl (C=O) groups excluding carboxylic acids is 2. The predicted octanol–water partition coefficient (Wildman–Crippen LogP) is 2.51. The van der Waals surface area contributed by atoms with E-state index >= 15 is 0 Å². The molecule has 1 heterocycles. The predicted molar refractivity (Wildman–Crippen MR) is 91.8 cm³/mol. The van der Waals surface area contributed by atoms with Crippen molar-refractivity contribution in [3.63, 3.8) is 0 Å². The molecule has 2 aliphatic rings. The summed E-state index contributed by atoms with van der Waals surface area (Å²) in [7, 11) is 2.95. The van der Waals surface area contributed by atoms with Crippen LogP contribution in [-0.4, -0.2) is 50.2 Å². The van der Waals surface area contributed by atoms with Crippen molar-refractivity contribution in [3.05, 3.63) is 23.8 Å². The number of benzene rings is 1. The number of hydrogen-bond acceptors (Lipinski definition) is 5. The fourth-order valence-electron chi connectivity index (χ4n) is 3.61. The van der Waals surface area contributed by atoms with E-state index in [0.29, 0.717) is 24.5 Å². The van der Waals surface area contributed by atoms with Gasteiger partial charge in [0.05, 0.1) is 26.2 Å². The molecule has 1 aromatic rings. The number of amides is 1. The molecule has 3 rings (SSSR count). The third-order valence-electron chi connectivity index (χ3n) is 5.03. The van der Waals surface area contributed by atoms with Gasteiger partial charge in [-0.3, -0.25) is 9.59 Å². The molecule has 1 aliphatic heterocycles. The van der Waals surface area contributed by atoms with Crippen molar-refractivity contribution in [2.45, 2.75) is 44.1 Å². The fourth-order valence-corrected chi connectivity index (χ4v) is 3.61. The van der Waals surface area contributed by atoms with E-state index in [1.54, 1.807) is 12.0 Å². The highest BCUT2D eigenvalue weighted by Crippen LogP contribution is 2.37. The average Bonchev–Trinajstić information content (AvgIpc) is 3.25. The molecule has 136 valence electrons. The van der Waals surface area contributed by atoms with Crippen LogP contribution in [-0.2, 0) is 14.3 Å². The third kappa shape index (κ3) is 3.89. The number of ether oxygens (including phenoxy) is 3. The average molecular weight is 347 g/mol. The van der Waals surface area contributed by atoms with Gasteiger partial charge in [0.1, 0.15) is 6.54 Å². The summed E-state index contributed by atoms with van der Waals surface area (Å²) < 4.78 is 16.2. The second-order valence-corrected chi connectivity index (χ2v) is 6.61. The quantitative estimate of drug-likeness (QED) is 0.740. The topological polar surface area (TPSA) is 65.1 Å². The molecule has 1 atom stereocenters. The number of hydrogen-bond donors (Lipinski definition) is 0. The first-order valence-electron chi connectivity index (χ1n) is 8.82. The van der Waals surface area contributed by atoms with E-state index in [0.717, 1.165) is 18.4 Å². The lowest BCUT2D eigenvalue weighted by molar-refractivity contribution is -0.145. The molecule has 2 fully saturated rings. The van der Waals surface area contributed by atoms with Gasteiger partial charge in [0, 0.05) is 6.54 Å². The van der Waals surface area contributed by atoms with Crippen molar-refractivity contribution in [1.82, 2.24) is 4.90 Å². The maximum atomic E-state index is 12.6. The lowest BCUT2D eigenvalue weighted by Crippen LogP contribution is -2.32. The number of carbonyl (C=O) groups is 2. The van der Waals surface area contributed by atoms with E-state index < -0.39 is 5.97 Å². The van der Waals surface area contributed by atoms with Gasteiger partial charge < -0.3 is 19.1 Å². The van der Waals surface area contributed by atoms with E-state index in [2.05, 4.69) is 4.74 Å². The first-order valence-corrected chi connectivity index (χ1v) is 8.82. The Hall–Kier alpha value is -2.24. The maximum absolute atomic E-state index is 12.6. The SMILES string of the molecule is COC(=O)CN1CCC(c2ccc(OC)c(OC3CCCC3)c2)C1=O. The Bertz CT molecular complexity index is 639. The molecule has 0 aromatic heterocycles. The van der Waals surface area contributed by atoms with Gasteiger partial charge in [0.25, 0.3) is 0 Å². The molecule has 1 saturated heterocycles. The molecule has 6 heteroatoms. The maximum Gasteiger partial charge on any atom is 0.325 e. The van der Waals surface area contributed by atoms with E-state index in [4.69, 9.17) is 9.47 Å². The highest BCUT2D eigenvalue weighted by Gasteiger charge is 2.34. The molecule has 6 nitrogen and oxygen atoms in total. The van der Waals surface area contributed by atoms with Crippen LogP contribution in [0.1, 0.15) is 43.6 Å². The van der Waals surface area contributed by atoms with Crippen molar-refractivity contribution in [2.24, 2.45) is 0 Å². The van der Waals surface area contributed by atoms with Gasteiger partial charge in [-0.05, 0) is 49.8 Å². The largest absolute Gasteiger partial charge is 0.493 e. The molecule has 0 bridgehead atoms. The number of methoxy groups -OCH3 is 2. The zero-order chi connectivity index (χ0) is 17.8. The number of rotatable bonds is 6.